The SMILES string of the molecule is COCCCN(CC(=O)N(CCc1c[nH]c2ccccc12)Cc1ccc(Cl)c(Cl)c1)C(=O)COC. The number of carbonyl (C=O) groups is 2. The quantitative estimate of drug-likeness (QED) is 0.336. The van der Waals surface area contributed by atoms with Crippen LogP contribution in [0.25, 0.3) is 10.9 Å². The van der Waals surface area contributed by atoms with Crippen molar-refractivity contribution in [2.24, 2.45) is 0 Å². The zero-order valence-corrected chi connectivity index (χ0v) is 21.6. The highest BCUT2D eigenvalue weighted by Gasteiger charge is 2.22. The molecule has 0 saturated heterocycles. The third-order valence-electron chi connectivity index (χ3n) is 5.76. The van der Waals surface area contributed by atoms with E-state index >= 15 is 0 Å². The summed E-state index contributed by atoms with van der Waals surface area (Å²) >= 11 is 12.3. The molecular formula is C26H31Cl2N3O4. The molecule has 35 heavy (non-hydrogen) atoms. The molecule has 9 heteroatoms. The van der Waals surface area contributed by atoms with Crippen LogP contribution in [0.2, 0.25) is 10.0 Å². The van der Waals surface area contributed by atoms with Gasteiger partial charge in [0.1, 0.15) is 6.61 Å². The predicted octanol–water partition coefficient (Wildman–Crippen LogP) is 4.56. The van der Waals surface area contributed by atoms with Crippen LogP contribution in [0.3, 0.4) is 0 Å². The summed E-state index contributed by atoms with van der Waals surface area (Å²) in [5, 5.41) is 2.03. The number of nitrogens with zero attached hydrogens (tertiary/aromatic N) is 2. The van der Waals surface area contributed by atoms with Crippen LogP contribution in [-0.2, 0) is 32.0 Å². The average molecular weight is 520 g/mol. The predicted molar refractivity (Wildman–Crippen MR) is 139 cm³/mol. The summed E-state index contributed by atoms with van der Waals surface area (Å²) in [6.07, 6.45) is 3.26. The molecule has 0 fully saturated rings. The minimum atomic E-state index is -0.233. The summed E-state index contributed by atoms with van der Waals surface area (Å²) in [5.41, 5.74) is 3.04. The standard InChI is InChI=1S/C26H31Cl2N3O4/c1-34-13-5-11-30(26(33)18-35-2)17-25(32)31(16-19-8-9-22(27)23(28)14-19)12-10-20-15-29-24-7-4-3-6-21(20)24/h3-4,6-9,14-15,29H,5,10-13,16-18H2,1-2H3. The van der Waals surface area contributed by atoms with Gasteiger partial charge in [0, 0.05) is 57.6 Å². The second kappa shape index (κ2) is 13.5. The van der Waals surface area contributed by atoms with Crippen LogP contribution in [0.1, 0.15) is 17.5 Å². The average Bonchev–Trinajstić information content (AvgIpc) is 3.26. The first kappa shape index (κ1) is 27.0. The summed E-state index contributed by atoms with van der Waals surface area (Å²) in [6.45, 7) is 1.61. The molecular weight excluding hydrogens is 489 g/mol. The molecule has 1 heterocycles. The molecule has 0 atom stereocenters. The van der Waals surface area contributed by atoms with Gasteiger partial charge in [-0.25, -0.2) is 0 Å². The zero-order valence-electron chi connectivity index (χ0n) is 20.1. The minimum Gasteiger partial charge on any atom is -0.385 e. The third-order valence-corrected chi connectivity index (χ3v) is 6.50. The van der Waals surface area contributed by atoms with Crippen LogP contribution in [0.4, 0.5) is 0 Å². The van der Waals surface area contributed by atoms with Gasteiger partial charge in [-0.2, -0.15) is 0 Å². The normalized spacial score (nSPS) is 11.1. The maximum absolute atomic E-state index is 13.5. The lowest BCUT2D eigenvalue weighted by Gasteiger charge is -2.28. The van der Waals surface area contributed by atoms with Crippen LogP contribution in [-0.4, -0.2) is 73.7 Å². The van der Waals surface area contributed by atoms with Crippen molar-refractivity contribution in [1.29, 1.82) is 0 Å². The van der Waals surface area contributed by atoms with Crippen molar-refractivity contribution in [2.75, 3.05) is 47.1 Å². The Labute approximate surface area is 215 Å². The van der Waals surface area contributed by atoms with Gasteiger partial charge in [-0.1, -0.05) is 47.5 Å². The van der Waals surface area contributed by atoms with Gasteiger partial charge >= 0.3 is 0 Å². The fourth-order valence-corrected chi connectivity index (χ4v) is 4.23. The van der Waals surface area contributed by atoms with Gasteiger partial charge in [-0.05, 0) is 42.2 Å². The number of hydrogen-bond acceptors (Lipinski definition) is 4. The van der Waals surface area contributed by atoms with Crippen molar-refractivity contribution < 1.29 is 19.1 Å². The first-order chi connectivity index (χ1) is 16.9. The summed E-state index contributed by atoms with van der Waals surface area (Å²) in [5.74, 6) is -0.388. The van der Waals surface area contributed by atoms with Crippen LogP contribution in [0.15, 0.2) is 48.7 Å². The van der Waals surface area contributed by atoms with Gasteiger partial charge in [-0.3, -0.25) is 9.59 Å². The summed E-state index contributed by atoms with van der Waals surface area (Å²) < 4.78 is 10.1. The number of amides is 2. The topological polar surface area (TPSA) is 74.9 Å². The highest BCUT2D eigenvalue weighted by Crippen LogP contribution is 2.24. The molecule has 0 spiro atoms. The molecule has 0 aliphatic heterocycles. The zero-order chi connectivity index (χ0) is 25.2. The van der Waals surface area contributed by atoms with Crippen molar-refractivity contribution in [3.8, 4) is 0 Å². The van der Waals surface area contributed by atoms with Gasteiger partial charge in [0.15, 0.2) is 0 Å². The highest BCUT2D eigenvalue weighted by molar-refractivity contribution is 6.42. The van der Waals surface area contributed by atoms with Gasteiger partial charge in [0.2, 0.25) is 11.8 Å². The molecule has 3 rings (SSSR count). The van der Waals surface area contributed by atoms with Crippen LogP contribution >= 0.6 is 23.2 Å². The fraction of sp³-hybridized carbons (Fsp3) is 0.385. The number of halogens is 2. The second-order valence-electron chi connectivity index (χ2n) is 8.27. The number of benzene rings is 2. The fourth-order valence-electron chi connectivity index (χ4n) is 3.91. The van der Waals surface area contributed by atoms with Crippen molar-refractivity contribution >= 4 is 45.9 Å². The summed E-state index contributed by atoms with van der Waals surface area (Å²) in [4.78, 5) is 32.6. The Morgan fingerprint density at radius 3 is 2.49 bits per heavy atom. The largest absolute Gasteiger partial charge is 0.385 e. The van der Waals surface area contributed by atoms with Gasteiger partial charge in [0.25, 0.3) is 0 Å². The molecule has 2 aromatic carbocycles. The number of methoxy groups -OCH3 is 2. The Bertz CT molecular complexity index is 1130. The van der Waals surface area contributed by atoms with Crippen LogP contribution in [0, 0.1) is 0 Å². The van der Waals surface area contributed by atoms with Crippen molar-refractivity contribution in [1.82, 2.24) is 14.8 Å². The van der Waals surface area contributed by atoms with E-state index in [9.17, 15) is 9.59 Å². The Balaban J connectivity index is 1.78. The van der Waals surface area contributed by atoms with E-state index in [0.717, 1.165) is 22.0 Å². The van der Waals surface area contributed by atoms with E-state index in [1.165, 1.54) is 12.0 Å². The van der Waals surface area contributed by atoms with Gasteiger partial charge in [0.05, 0.1) is 16.6 Å². The molecule has 2 amide bonds. The molecule has 0 aliphatic carbocycles. The van der Waals surface area contributed by atoms with E-state index in [0.29, 0.717) is 49.1 Å². The molecule has 0 radical (unpaired) electrons. The molecule has 0 bridgehead atoms. The number of fused-ring (bicyclic) bond motifs is 1. The smallest absolute Gasteiger partial charge is 0.249 e. The number of ether oxygens (including phenoxy) is 2. The van der Waals surface area contributed by atoms with Gasteiger partial charge in [-0.15, -0.1) is 0 Å². The van der Waals surface area contributed by atoms with E-state index < -0.39 is 0 Å². The Morgan fingerprint density at radius 1 is 0.943 bits per heavy atom. The molecule has 1 aromatic heterocycles. The first-order valence-electron chi connectivity index (χ1n) is 11.4. The molecule has 188 valence electrons. The van der Waals surface area contributed by atoms with Crippen LogP contribution < -0.4 is 0 Å². The van der Waals surface area contributed by atoms with E-state index in [1.807, 2.05) is 30.5 Å². The molecule has 0 unspecified atom stereocenters. The number of carbonyl (C=O) groups excluding carboxylic acids is 2. The molecule has 1 N–H and O–H groups in total. The minimum absolute atomic E-state index is 0.0406. The van der Waals surface area contributed by atoms with E-state index in [1.54, 1.807) is 24.1 Å². The number of rotatable bonds is 13. The Morgan fingerprint density at radius 2 is 1.74 bits per heavy atom. The molecule has 0 saturated carbocycles. The maximum Gasteiger partial charge on any atom is 0.249 e. The monoisotopic (exact) mass is 519 g/mol. The highest BCUT2D eigenvalue weighted by atomic mass is 35.5. The second-order valence-corrected chi connectivity index (χ2v) is 9.08. The molecule has 0 aliphatic rings. The molecule has 7 nitrogen and oxygen atoms in total. The number of para-hydroxylation sites is 1. The number of hydrogen-bond donors (Lipinski definition) is 1. The van der Waals surface area contributed by atoms with Crippen molar-refractivity contribution in [3.63, 3.8) is 0 Å². The summed E-state index contributed by atoms with van der Waals surface area (Å²) in [7, 11) is 3.07. The lowest BCUT2D eigenvalue weighted by Crippen LogP contribution is -2.45. The van der Waals surface area contributed by atoms with Crippen molar-refractivity contribution in [2.45, 2.75) is 19.4 Å². The lowest BCUT2D eigenvalue weighted by atomic mass is 10.1. The van der Waals surface area contributed by atoms with E-state index in [-0.39, 0.29) is 25.0 Å². The Kier molecular flexibility index (Phi) is 10.4. The number of nitrogens with one attached hydrogen (secondary N) is 1. The number of aromatic amines is 1. The van der Waals surface area contributed by atoms with Crippen molar-refractivity contribution in [3.05, 3.63) is 69.8 Å². The number of H-pyrrole nitrogens is 1. The van der Waals surface area contributed by atoms with Crippen LogP contribution in [0.5, 0.6) is 0 Å². The van der Waals surface area contributed by atoms with E-state index in [2.05, 4.69) is 11.1 Å². The number of aromatic nitrogens is 1. The summed E-state index contributed by atoms with van der Waals surface area (Å²) in [6, 6.07) is 13.4. The molecule has 3 aromatic rings. The lowest BCUT2D eigenvalue weighted by molar-refractivity contribution is -0.143. The van der Waals surface area contributed by atoms with E-state index in [4.69, 9.17) is 32.7 Å². The van der Waals surface area contributed by atoms with Gasteiger partial charge < -0.3 is 24.3 Å². The first-order valence-corrected chi connectivity index (χ1v) is 12.2. The Hall–Kier alpha value is -2.58. The third kappa shape index (κ3) is 7.70. The maximum atomic E-state index is 13.5.